The molecule has 5 nitrogen and oxygen atoms in total. The number of aromatic nitrogens is 4. The molecule has 0 radical (unpaired) electrons. The molecule has 0 atom stereocenters. The zero-order chi connectivity index (χ0) is 13.1. The maximum atomic E-state index is 4.52. The first-order valence-corrected chi connectivity index (χ1v) is 6.18. The van der Waals surface area contributed by atoms with Crippen LogP contribution in [-0.2, 0) is 6.54 Å². The van der Waals surface area contributed by atoms with E-state index in [1.165, 1.54) is 0 Å². The Labute approximate surface area is 107 Å². The van der Waals surface area contributed by atoms with Crippen LogP contribution in [0.5, 0.6) is 0 Å². The van der Waals surface area contributed by atoms with Gasteiger partial charge in [0.1, 0.15) is 0 Å². The fourth-order valence-corrected chi connectivity index (χ4v) is 1.85. The first-order chi connectivity index (χ1) is 8.61. The molecular weight excluding hydrogens is 226 g/mol. The highest BCUT2D eigenvalue weighted by Crippen LogP contribution is 2.10. The molecule has 0 aliphatic heterocycles. The average molecular weight is 245 g/mol. The second-order valence-corrected chi connectivity index (χ2v) is 4.40. The maximum absolute atomic E-state index is 4.52. The summed E-state index contributed by atoms with van der Waals surface area (Å²) >= 11 is 0. The van der Waals surface area contributed by atoms with E-state index in [2.05, 4.69) is 27.3 Å². The van der Waals surface area contributed by atoms with Gasteiger partial charge in [0.05, 0.1) is 5.69 Å². The van der Waals surface area contributed by atoms with E-state index in [1.54, 1.807) is 4.68 Å². The molecule has 96 valence electrons. The number of hydrogen-bond donors (Lipinski definition) is 1. The third kappa shape index (κ3) is 2.56. The summed E-state index contributed by atoms with van der Waals surface area (Å²) in [5.41, 5.74) is 4.15. The number of rotatable bonds is 4. The summed E-state index contributed by atoms with van der Waals surface area (Å²) in [5, 5.41) is 7.67. The Balaban J connectivity index is 2.31. The number of nitrogens with zero attached hydrogens (tertiary/aromatic N) is 4. The summed E-state index contributed by atoms with van der Waals surface area (Å²) in [6, 6.07) is 2.02. The van der Waals surface area contributed by atoms with Crippen molar-refractivity contribution in [2.75, 3.05) is 6.54 Å². The van der Waals surface area contributed by atoms with Crippen LogP contribution < -0.4 is 5.32 Å². The van der Waals surface area contributed by atoms with E-state index in [9.17, 15) is 0 Å². The SMILES string of the molecule is CCNCc1cnc(-n2nc(C)cc2C)nc1C. The molecule has 18 heavy (non-hydrogen) atoms. The Kier molecular flexibility index (Phi) is 3.72. The van der Waals surface area contributed by atoms with Crippen LogP contribution in [0.3, 0.4) is 0 Å². The Morgan fingerprint density at radius 1 is 1.28 bits per heavy atom. The number of hydrogen-bond acceptors (Lipinski definition) is 4. The van der Waals surface area contributed by atoms with Crippen LogP contribution in [0.2, 0.25) is 0 Å². The molecule has 5 heteroatoms. The molecule has 0 aromatic carbocycles. The Hall–Kier alpha value is -1.75. The lowest BCUT2D eigenvalue weighted by molar-refractivity contribution is 0.705. The van der Waals surface area contributed by atoms with E-state index < -0.39 is 0 Å². The highest BCUT2D eigenvalue weighted by Gasteiger charge is 2.08. The highest BCUT2D eigenvalue weighted by molar-refractivity contribution is 5.24. The van der Waals surface area contributed by atoms with Gasteiger partial charge in [-0.3, -0.25) is 0 Å². The number of nitrogens with one attached hydrogen (secondary N) is 1. The minimum absolute atomic E-state index is 0.637. The van der Waals surface area contributed by atoms with Crippen molar-refractivity contribution in [3.63, 3.8) is 0 Å². The fraction of sp³-hybridized carbons (Fsp3) is 0.462. The molecule has 1 N–H and O–H groups in total. The zero-order valence-electron chi connectivity index (χ0n) is 11.4. The Bertz CT molecular complexity index is 544. The predicted molar refractivity (Wildman–Crippen MR) is 70.7 cm³/mol. The normalized spacial score (nSPS) is 10.9. The van der Waals surface area contributed by atoms with Crippen LogP contribution in [0.1, 0.15) is 29.6 Å². The summed E-state index contributed by atoms with van der Waals surface area (Å²) in [5.74, 6) is 0.637. The molecule has 0 aliphatic rings. The molecule has 0 spiro atoms. The van der Waals surface area contributed by atoms with Gasteiger partial charge in [-0.1, -0.05) is 6.92 Å². The standard InChI is InChI=1S/C13H19N5/c1-5-14-7-12-8-15-13(16-11(12)4)18-10(3)6-9(2)17-18/h6,8,14H,5,7H2,1-4H3. The van der Waals surface area contributed by atoms with Gasteiger partial charge in [0.25, 0.3) is 5.95 Å². The van der Waals surface area contributed by atoms with Crippen molar-refractivity contribution in [3.8, 4) is 5.95 Å². The highest BCUT2D eigenvalue weighted by atomic mass is 15.4. The first-order valence-electron chi connectivity index (χ1n) is 6.18. The van der Waals surface area contributed by atoms with Crippen molar-refractivity contribution < 1.29 is 0 Å². The average Bonchev–Trinajstić information content (AvgIpc) is 2.67. The van der Waals surface area contributed by atoms with Crippen molar-refractivity contribution in [1.29, 1.82) is 0 Å². The summed E-state index contributed by atoms with van der Waals surface area (Å²) in [7, 11) is 0. The van der Waals surface area contributed by atoms with E-state index in [0.717, 1.165) is 35.7 Å². The van der Waals surface area contributed by atoms with Gasteiger partial charge in [-0.05, 0) is 33.4 Å². The first kappa shape index (κ1) is 12.7. The smallest absolute Gasteiger partial charge is 0.250 e. The van der Waals surface area contributed by atoms with Gasteiger partial charge in [-0.15, -0.1) is 0 Å². The molecule has 2 heterocycles. The Morgan fingerprint density at radius 2 is 2.06 bits per heavy atom. The second-order valence-electron chi connectivity index (χ2n) is 4.40. The van der Waals surface area contributed by atoms with Crippen LogP contribution in [-0.4, -0.2) is 26.3 Å². The molecular formula is C13H19N5. The van der Waals surface area contributed by atoms with Gasteiger partial charge in [-0.25, -0.2) is 14.6 Å². The lowest BCUT2D eigenvalue weighted by Crippen LogP contribution is -2.15. The van der Waals surface area contributed by atoms with Crippen molar-refractivity contribution in [2.45, 2.75) is 34.2 Å². The van der Waals surface area contributed by atoms with Gasteiger partial charge in [0.2, 0.25) is 0 Å². The van der Waals surface area contributed by atoms with Crippen molar-refractivity contribution >= 4 is 0 Å². The van der Waals surface area contributed by atoms with E-state index >= 15 is 0 Å². The van der Waals surface area contributed by atoms with Crippen LogP contribution in [0.15, 0.2) is 12.3 Å². The van der Waals surface area contributed by atoms with Crippen molar-refractivity contribution in [1.82, 2.24) is 25.1 Å². The summed E-state index contributed by atoms with van der Waals surface area (Å²) in [4.78, 5) is 8.91. The fourth-order valence-electron chi connectivity index (χ4n) is 1.85. The van der Waals surface area contributed by atoms with Crippen molar-refractivity contribution in [3.05, 3.63) is 34.9 Å². The minimum Gasteiger partial charge on any atom is -0.313 e. The second kappa shape index (κ2) is 5.27. The summed E-state index contributed by atoms with van der Waals surface area (Å²) < 4.78 is 1.78. The molecule has 0 saturated carbocycles. The minimum atomic E-state index is 0.637. The van der Waals surface area contributed by atoms with Gasteiger partial charge >= 0.3 is 0 Å². The molecule has 2 aromatic heterocycles. The summed E-state index contributed by atoms with van der Waals surface area (Å²) in [6.07, 6.45) is 1.87. The van der Waals surface area contributed by atoms with Gasteiger partial charge < -0.3 is 5.32 Å². The third-order valence-corrected chi connectivity index (χ3v) is 2.83. The molecule has 0 saturated heterocycles. The molecule has 0 bridgehead atoms. The number of aryl methyl sites for hydroxylation is 3. The molecule has 0 aliphatic carbocycles. The van der Waals surface area contributed by atoms with E-state index in [0.29, 0.717) is 5.95 Å². The van der Waals surface area contributed by atoms with Crippen molar-refractivity contribution in [2.24, 2.45) is 0 Å². The molecule has 2 rings (SSSR count). The third-order valence-electron chi connectivity index (χ3n) is 2.83. The monoisotopic (exact) mass is 245 g/mol. The molecule has 0 unspecified atom stereocenters. The lowest BCUT2D eigenvalue weighted by Gasteiger charge is -2.08. The van der Waals surface area contributed by atoms with Crippen LogP contribution in [0, 0.1) is 20.8 Å². The molecule has 0 fully saturated rings. The quantitative estimate of drug-likeness (QED) is 0.890. The lowest BCUT2D eigenvalue weighted by atomic mass is 10.2. The van der Waals surface area contributed by atoms with Gasteiger partial charge in [-0.2, -0.15) is 5.10 Å². The van der Waals surface area contributed by atoms with E-state index in [-0.39, 0.29) is 0 Å². The molecule has 0 amide bonds. The maximum Gasteiger partial charge on any atom is 0.250 e. The zero-order valence-corrected chi connectivity index (χ0v) is 11.4. The van der Waals surface area contributed by atoms with Gasteiger partial charge in [0, 0.05) is 29.7 Å². The topological polar surface area (TPSA) is 55.6 Å². The predicted octanol–water partition coefficient (Wildman–Crippen LogP) is 1.70. The van der Waals surface area contributed by atoms with E-state index in [4.69, 9.17) is 0 Å². The molecule has 2 aromatic rings. The largest absolute Gasteiger partial charge is 0.313 e. The van der Waals surface area contributed by atoms with Crippen LogP contribution in [0.25, 0.3) is 5.95 Å². The van der Waals surface area contributed by atoms with Crippen LogP contribution in [0.4, 0.5) is 0 Å². The van der Waals surface area contributed by atoms with Crippen LogP contribution >= 0.6 is 0 Å². The van der Waals surface area contributed by atoms with Gasteiger partial charge in [0.15, 0.2) is 0 Å². The van der Waals surface area contributed by atoms with E-state index in [1.807, 2.05) is 33.0 Å². The Morgan fingerprint density at radius 3 is 2.61 bits per heavy atom. The summed E-state index contributed by atoms with van der Waals surface area (Å²) in [6.45, 7) is 9.81.